The summed E-state index contributed by atoms with van der Waals surface area (Å²) in [4.78, 5) is 33.8. The molecule has 1 aromatic heterocycles. The molecular formula is C32H41N3O4. The van der Waals surface area contributed by atoms with Gasteiger partial charge in [0.25, 0.3) is 0 Å². The Morgan fingerprint density at radius 2 is 1.67 bits per heavy atom. The van der Waals surface area contributed by atoms with Crippen LogP contribution in [-0.2, 0) is 16.0 Å². The van der Waals surface area contributed by atoms with Gasteiger partial charge in [0.2, 0.25) is 11.8 Å². The zero-order valence-electron chi connectivity index (χ0n) is 23.2. The van der Waals surface area contributed by atoms with E-state index in [1.807, 2.05) is 47.5 Å². The fourth-order valence-corrected chi connectivity index (χ4v) is 6.44. The van der Waals surface area contributed by atoms with Gasteiger partial charge in [0.15, 0.2) is 0 Å². The molecule has 0 spiro atoms. The summed E-state index contributed by atoms with van der Waals surface area (Å²) in [7, 11) is 3.22. The molecule has 1 heterocycles. The average Bonchev–Trinajstić information content (AvgIpc) is 3.39. The first-order valence-corrected chi connectivity index (χ1v) is 14.5. The van der Waals surface area contributed by atoms with Gasteiger partial charge < -0.3 is 24.7 Å². The first-order chi connectivity index (χ1) is 19.1. The number of amides is 2. The van der Waals surface area contributed by atoms with Gasteiger partial charge in [0, 0.05) is 40.8 Å². The number of nitrogens with zero attached hydrogens (tertiary/aromatic N) is 1. The Morgan fingerprint density at radius 3 is 2.38 bits per heavy atom. The molecule has 0 aliphatic heterocycles. The Balaban J connectivity index is 1.55. The largest absolute Gasteiger partial charge is 0.497 e. The van der Waals surface area contributed by atoms with E-state index in [4.69, 9.17) is 9.47 Å². The van der Waals surface area contributed by atoms with Crippen LogP contribution in [0.5, 0.6) is 11.5 Å². The number of rotatable bonds is 9. The lowest BCUT2D eigenvalue weighted by atomic mass is 9.90. The maximum absolute atomic E-state index is 14.4. The summed E-state index contributed by atoms with van der Waals surface area (Å²) in [5.74, 6) is 1.05. The summed E-state index contributed by atoms with van der Waals surface area (Å²) < 4.78 is 11.2. The van der Waals surface area contributed by atoms with Crippen LogP contribution in [0.2, 0.25) is 0 Å². The van der Waals surface area contributed by atoms with Crippen molar-refractivity contribution in [1.82, 2.24) is 15.2 Å². The van der Waals surface area contributed by atoms with Crippen LogP contribution in [0.1, 0.15) is 81.4 Å². The van der Waals surface area contributed by atoms with Crippen molar-refractivity contribution in [3.05, 3.63) is 59.8 Å². The summed E-state index contributed by atoms with van der Waals surface area (Å²) in [6.07, 6.45) is 12.6. The number of benzene rings is 2. The highest BCUT2D eigenvalue weighted by molar-refractivity contribution is 5.93. The Labute approximate surface area is 231 Å². The molecule has 5 rings (SSSR count). The molecule has 39 heavy (non-hydrogen) atoms. The molecule has 2 aromatic carbocycles. The second kappa shape index (κ2) is 12.6. The fraction of sp³-hybridized carbons (Fsp3) is 0.500. The number of methoxy groups -OCH3 is 2. The first-order valence-electron chi connectivity index (χ1n) is 14.5. The molecule has 2 fully saturated rings. The van der Waals surface area contributed by atoms with Crippen LogP contribution < -0.4 is 14.8 Å². The van der Waals surface area contributed by atoms with Crippen LogP contribution in [0.15, 0.2) is 48.7 Å². The van der Waals surface area contributed by atoms with Gasteiger partial charge in [-0.25, -0.2) is 0 Å². The normalized spacial score (nSPS) is 17.5. The predicted molar refractivity (Wildman–Crippen MR) is 153 cm³/mol. The maximum Gasteiger partial charge on any atom is 0.247 e. The quantitative estimate of drug-likeness (QED) is 0.351. The van der Waals surface area contributed by atoms with E-state index in [-0.39, 0.29) is 30.3 Å². The van der Waals surface area contributed by atoms with Gasteiger partial charge in [-0.05, 0) is 49.4 Å². The van der Waals surface area contributed by atoms with Crippen molar-refractivity contribution in [3.63, 3.8) is 0 Å². The van der Waals surface area contributed by atoms with Crippen molar-refractivity contribution in [3.8, 4) is 11.5 Å². The number of nitrogens with one attached hydrogen (secondary N) is 2. The van der Waals surface area contributed by atoms with Crippen LogP contribution >= 0.6 is 0 Å². The van der Waals surface area contributed by atoms with Crippen molar-refractivity contribution in [2.75, 3.05) is 14.2 Å². The molecule has 2 aliphatic rings. The number of aromatic amines is 1. The number of carbonyl (C=O) groups is 2. The van der Waals surface area contributed by atoms with E-state index in [9.17, 15) is 9.59 Å². The number of fused-ring (bicyclic) bond motifs is 1. The summed E-state index contributed by atoms with van der Waals surface area (Å²) in [6.45, 7) is 0. The molecule has 2 amide bonds. The van der Waals surface area contributed by atoms with Crippen LogP contribution in [0.25, 0.3) is 10.9 Å². The lowest BCUT2D eigenvalue weighted by Crippen LogP contribution is -2.51. The summed E-state index contributed by atoms with van der Waals surface area (Å²) in [6, 6.07) is 12.9. The van der Waals surface area contributed by atoms with Gasteiger partial charge >= 0.3 is 0 Å². The van der Waals surface area contributed by atoms with E-state index in [2.05, 4.69) is 10.3 Å². The van der Waals surface area contributed by atoms with Gasteiger partial charge in [0.05, 0.1) is 20.6 Å². The number of ether oxygens (including phenoxy) is 2. The molecule has 1 atom stereocenters. The summed E-state index contributed by atoms with van der Waals surface area (Å²) in [5, 5.41) is 4.38. The van der Waals surface area contributed by atoms with Crippen LogP contribution in [0.4, 0.5) is 0 Å². The molecule has 7 heteroatoms. The molecule has 0 saturated heterocycles. The zero-order chi connectivity index (χ0) is 27.2. The molecule has 2 aliphatic carbocycles. The Bertz CT molecular complexity index is 1270. The molecule has 7 nitrogen and oxygen atoms in total. The Morgan fingerprint density at radius 1 is 0.949 bits per heavy atom. The van der Waals surface area contributed by atoms with Crippen LogP contribution in [0, 0.1) is 0 Å². The third-order valence-corrected chi connectivity index (χ3v) is 8.49. The van der Waals surface area contributed by atoms with Crippen molar-refractivity contribution < 1.29 is 19.1 Å². The highest BCUT2D eigenvalue weighted by Crippen LogP contribution is 2.38. The van der Waals surface area contributed by atoms with E-state index < -0.39 is 6.04 Å². The van der Waals surface area contributed by atoms with E-state index in [1.54, 1.807) is 20.3 Å². The third kappa shape index (κ3) is 6.07. The van der Waals surface area contributed by atoms with E-state index in [0.29, 0.717) is 17.1 Å². The molecule has 0 radical (unpaired) electrons. The molecule has 0 bridgehead atoms. The number of H-pyrrole nitrogens is 1. The van der Waals surface area contributed by atoms with Gasteiger partial charge in [-0.2, -0.15) is 0 Å². The topological polar surface area (TPSA) is 83.7 Å². The highest BCUT2D eigenvalue weighted by atomic mass is 16.5. The van der Waals surface area contributed by atoms with E-state index >= 15 is 0 Å². The minimum absolute atomic E-state index is 0.00892. The molecule has 208 valence electrons. The lowest BCUT2D eigenvalue weighted by molar-refractivity contribution is -0.144. The minimum Gasteiger partial charge on any atom is -0.497 e. The second-order valence-electron chi connectivity index (χ2n) is 11.0. The number of hydrogen-bond acceptors (Lipinski definition) is 4. The van der Waals surface area contributed by atoms with Crippen LogP contribution in [-0.4, -0.2) is 48.0 Å². The number of hydrogen-bond donors (Lipinski definition) is 2. The molecular weight excluding hydrogens is 490 g/mol. The predicted octanol–water partition coefficient (Wildman–Crippen LogP) is 6.08. The fourth-order valence-electron chi connectivity index (χ4n) is 6.44. The second-order valence-corrected chi connectivity index (χ2v) is 11.0. The summed E-state index contributed by atoms with van der Waals surface area (Å²) in [5.41, 5.74) is 2.65. The van der Waals surface area contributed by atoms with Crippen LogP contribution in [0.3, 0.4) is 0 Å². The van der Waals surface area contributed by atoms with Gasteiger partial charge in [-0.15, -0.1) is 0 Å². The molecule has 2 saturated carbocycles. The highest BCUT2D eigenvalue weighted by Gasteiger charge is 2.39. The lowest BCUT2D eigenvalue weighted by Gasteiger charge is -2.40. The third-order valence-electron chi connectivity index (χ3n) is 8.49. The van der Waals surface area contributed by atoms with Crippen molar-refractivity contribution in [2.45, 2.75) is 88.8 Å². The molecule has 1 unspecified atom stereocenters. The summed E-state index contributed by atoms with van der Waals surface area (Å²) >= 11 is 0. The maximum atomic E-state index is 14.4. The van der Waals surface area contributed by atoms with Crippen molar-refractivity contribution in [1.29, 1.82) is 0 Å². The monoisotopic (exact) mass is 531 g/mol. The minimum atomic E-state index is -0.784. The number of para-hydroxylation sites is 1. The Hall–Kier alpha value is -3.48. The van der Waals surface area contributed by atoms with Crippen molar-refractivity contribution in [2.24, 2.45) is 0 Å². The SMILES string of the molecule is COc1ccc(C(C(=O)NC2CCCCC2)N(C(=O)Cc2c[nH]c3ccccc23)C2CCCCC2)c(OC)c1. The van der Waals surface area contributed by atoms with Gasteiger partial charge in [-0.1, -0.05) is 56.7 Å². The van der Waals surface area contributed by atoms with Gasteiger partial charge in [-0.3, -0.25) is 9.59 Å². The zero-order valence-corrected chi connectivity index (χ0v) is 23.2. The number of aromatic nitrogens is 1. The first kappa shape index (κ1) is 27.1. The van der Waals surface area contributed by atoms with Crippen molar-refractivity contribution >= 4 is 22.7 Å². The van der Waals surface area contributed by atoms with Gasteiger partial charge in [0.1, 0.15) is 17.5 Å². The molecule has 3 aromatic rings. The standard InChI is InChI=1S/C32H41N3O4/c1-38-25-17-18-27(29(20-25)39-2)31(32(37)34-23-11-5-3-6-12-23)35(24-13-7-4-8-14-24)30(36)19-22-21-33-28-16-10-9-15-26(22)28/h9-10,15-18,20-21,23-24,31,33H,3-8,11-14,19H2,1-2H3,(H,34,37). The molecule has 2 N–H and O–H groups in total. The number of carbonyl (C=O) groups excluding carboxylic acids is 2. The Kier molecular flexibility index (Phi) is 8.74. The smallest absolute Gasteiger partial charge is 0.247 e. The average molecular weight is 532 g/mol. The van der Waals surface area contributed by atoms with E-state index in [0.717, 1.165) is 74.3 Å². The van der Waals surface area contributed by atoms with E-state index in [1.165, 1.54) is 6.42 Å².